The van der Waals surface area contributed by atoms with Crippen LogP contribution in [0.15, 0.2) is 16.6 Å². The van der Waals surface area contributed by atoms with Crippen LogP contribution in [0.2, 0.25) is 0 Å². The van der Waals surface area contributed by atoms with E-state index in [1.54, 1.807) is 6.07 Å². The summed E-state index contributed by atoms with van der Waals surface area (Å²) in [6.07, 6.45) is 1.11. The van der Waals surface area contributed by atoms with Gasteiger partial charge in [-0.1, -0.05) is 20.3 Å². The van der Waals surface area contributed by atoms with Gasteiger partial charge >= 0.3 is 0 Å². The molecule has 4 heteroatoms. The number of nitrogen functional groups attached to an aromatic ring is 1. The molecular weight excluding hydrogens is 259 g/mol. The molecule has 0 amide bonds. The third-order valence-electron chi connectivity index (χ3n) is 2.43. The zero-order valence-corrected chi connectivity index (χ0v) is 10.6. The van der Waals surface area contributed by atoms with Gasteiger partial charge in [0.2, 0.25) is 0 Å². The van der Waals surface area contributed by atoms with Gasteiger partial charge in [-0.2, -0.15) is 0 Å². The first-order chi connectivity index (χ1) is 7.04. The van der Waals surface area contributed by atoms with Crippen molar-refractivity contribution in [3.05, 3.63) is 22.4 Å². The highest BCUT2D eigenvalue weighted by molar-refractivity contribution is 9.10. The third kappa shape index (κ3) is 3.38. The smallest absolute Gasteiger partial charge is 0.139 e. The van der Waals surface area contributed by atoms with Crippen molar-refractivity contribution >= 4 is 27.3 Å². The number of halogens is 2. The summed E-state index contributed by atoms with van der Waals surface area (Å²) in [5.74, 6) is 0.245. The molecule has 0 aliphatic carbocycles. The maximum atomic E-state index is 13.1. The molecule has 0 bridgehead atoms. The minimum absolute atomic E-state index is 0.332. The largest absolute Gasteiger partial charge is 0.397 e. The summed E-state index contributed by atoms with van der Waals surface area (Å²) in [5.41, 5.74) is 6.92. The van der Waals surface area contributed by atoms with E-state index in [2.05, 4.69) is 35.1 Å². The van der Waals surface area contributed by atoms with Crippen LogP contribution >= 0.6 is 15.9 Å². The molecule has 0 heterocycles. The van der Waals surface area contributed by atoms with Gasteiger partial charge in [-0.05, 0) is 27.9 Å². The molecule has 2 nitrogen and oxygen atoms in total. The third-order valence-corrected chi connectivity index (χ3v) is 3.04. The van der Waals surface area contributed by atoms with E-state index in [9.17, 15) is 4.39 Å². The van der Waals surface area contributed by atoms with E-state index in [-0.39, 0.29) is 5.82 Å². The lowest BCUT2D eigenvalue weighted by Crippen LogP contribution is -2.11. The van der Waals surface area contributed by atoms with E-state index in [1.165, 1.54) is 6.07 Å². The summed E-state index contributed by atoms with van der Waals surface area (Å²) in [7, 11) is 0. The SMILES string of the molecule is CCC(C)CNc1cc(Br)c(F)cc1N. The molecule has 15 heavy (non-hydrogen) atoms. The second-order valence-electron chi connectivity index (χ2n) is 3.75. The molecule has 1 atom stereocenters. The van der Waals surface area contributed by atoms with Gasteiger partial charge in [0.25, 0.3) is 0 Å². The molecule has 0 radical (unpaired) electrons. The van der Waals surface area contributed by atoms with Gasteiger partial charge in [-0.15, -0.1) is 0 Å². The summed E-state index contributed by atoms with van der Waals surface area (Å²) in [5, 5.41) is 3.21. The number of hydrogen-bond donors (Lipinski definition) is 2. The molecule has 0 saturated carbocycles. The summed E-state index contributed by atoms with van der Waals surface area (Å²) in [6, 6.07) is 3.00. The highest BCUT2D eigenvalue weighted by Crippen LogP contribution is 2.26. The van der Waals surface area contributed by atoms with Gasteiger partial charge in [-0.25, -0.2) is 4.39 Å². The Bertz CT molecular complexity index is 342. The fraction of sp³-hybridized carbons (Fsp3) is 0.455. The van der Waals surface area contributed by atoms with Crippen LogP contribution in [0.4, 0.5) is 15.8 Å². The van der Waals surface area contributed by atoms with Gasteiger partial charge in [0.1, 0.15) is 5.82 Å². The Hall–Kier alpha value is -0.770. The average Bonchev–Trinajstić information content (AvgIpc) is 2.21. The number of rotatable bonds is 4. The Morgan fingerprint density at radius 3 is 2.80 bits per heavy atom. The fourth-order valence-corrected chi connectivity index (χ4v) is 1.49. The van der Waals surface area contributed by atoms with Crippen LogP contribution in [-0.2, 0) is 0 Å². The van der Waals surface area contributed by atoms with Crippen molar-refractivity contribution < 1.29 is 4.39 Å². The van der Waals surface area contributed by atoms with Crippen LogP contribution < -0.4 is 11.1 Å². The second kappa shape index (κ2) is 5.35. The molecule has 0 fully saturated rings. The Labute approximate surface area is 98.2 Å². The number of anilines is 2. The van der Waals surface area contributed by atoms with Crippen LogP contribution in [0.3, 0.4) is 0 Å². The van der Waals surface area contributed by atoms with Crippen LogP contribution in [0.25, 0.3) is 0 Å². The molecule has 0 aliphatic heterocycles. The van der Waals surface area contributed by atoms with Gasteiger partial charge in [0.15, 0.2) is 0 Å². The Kier molecular flexibility index (Phi) is 4.39. The van der Waals surface area contributed by atoms with Crippen molar-refractivity contribution in [3.8, 4) is 0 Å². The zero-order chi connectivity index (χ0) is 11.4. The molecule has 0 aromatic heterocycles. The standard InChI is InChI=1S/C11H16BrFN2/c1-3-7(2)6-15-11-4-8(12)9(13)5-10(11)14/h4-5,7,15H,3,6,14H2,1-2H3. The zero-order valence-electron chi connectivity index (χ0n) is 8.98. The lowest BCUT2D eigenvalue weighted by Gasteiger charge is -2.13. The molecule has 1 aromatic carbocycles. The van der Waals surface area contributed by atoms with E-state index in [4.69, 9.17) is 5.73 Å². The monoisotopic (exact) mass is 274 g/mol. The molecule has 0 spiro atoms. The molecule has 84 valence electrons. The topological polar surface area (TPSA) is 38.0 Å². The molecule has 1 unspecified atom stereocenters. The predicted molar refractivity (Wildman–Crippen MR) is 66.5 cm³/mol. The van der Waals surface area contributed by atoms with Crippen molar-refractivity contribution in [3.63, 3.8) is 0 Å². The highest BCUT2D eigenvalue weighted by atomic mass is 79.9. The first-order valence-electron chi connectivity index (χ1n) is 5.03. The van der Waals surface area contributed by atoms with E-state index >= 15 is 0 Å². The lowest BCUT2D eigenvalue weighted by molar-refractivity contribution is 0.593. The van der Waals surface area contributed by atoms with Crippen LogP contribution in [-0.4, -0.2) is 6.54 Å². The molecule has 0 saturated heterocycles. The van der Waals surface area contributed by atoms with Crippen molar-refractivity contribution in [2.24, 2.45) is 5.92 Å². The van der Waals surface area contributed by atoms with E-state index in [0.717, 1.165) is 18.7 Å². The first-order valence-corrected chi connectivity index (χ1v) is 5.82. The molecule has 0 aliphatic rings. The van der Waals surface area contributed by atoms with E-state index in [0.29, 0.717) is 16.1 Å². The number of benzene rings is 1. The minimum atomic E-state index is -0.332. The van der Waals surface area contributed by atoms with Crippen LogP contribution in [0.1, 0.15) is 20.3 Å². The Balaban J connectivity index is 2.73. The van der Waals surface area contributed by atoms with E-state index in [1.807, 2.05) is 0 Å². The van der Waals surface area contributed by atoms with Gasteiger partial charge in [-0.3, -0.25) is 0 Å². The summed E-state index contributed by atoms with van der Waals surface area (Å²) in [6.45, 7) is 5.14. The van der Waals surface area contributed by atoms with Crippen LogP contribution in [0, 0.1) is 11.7 Å². The highest BCUT2D eigenvalue weighted by Gasteiger charge is 2.06. The normalized spacial score (nSPS) is 12.5. The lowest BCUT2D eigenvalue weighted by atomic mass is 10.1. The average molecular weight is 275 g/mol. The Morgan fingerprint density at radius 2 is 2.20 bits per heavy atom. The predicted octanol–water partition coefficient (Wildman–Crippen LogP) is 3.63. The van der Waals surface area contributed by atoms with Gasteiger partial charge in [0.05, 0.1) is 15.8 Å². The minimum Gasteiger partial charge on any atom is -0.397 e. The quantitative estimate of drug-likeness (QED) is 0.823. The molecule has 3 N–H and O–H groups in total. The van der Waals surface area contributed by atoms with Crippen molar-refractivity contribution in [2.45, 2.75) is 20.3 Å². The maximum Gasteiger partial charge on any atom is 0.139 e. The molecular formula is C11H16BrFN2. The molecule has 1 aromatic rings. The second-order valence-corrected chi connectivity index (χ2v) is 4.60. The van der Waals surface area contributed by atoms with Gasteiger partial charge in [0, 0.05) is 12.6 Å². The summed E-state index contributed by atoms with van der Waals surface area (Å²) >= 11 is 3.13. The Morgan fingerprint density at radius 1 is 1.53 bits per heavy atom. The van der Waals surface area contributed by atoms with Crippen molar-refractivity contribution in [1.29, 1.82) is 0 Å². The summed E-state index contributed by atoms with van der Waals surface area (Å²) in [4.78, 5) is 0. The number of hydrogen-bond acceptors (Lipinski definition) is 2. The number of nitrogens with one attached hydrogen (secondary N) is 1. The van der Waals surface area contributed by atoms with Crippen molar-refractivity contribution in [1.82, 2.24) is 0 Å². The summed E-state index contributed by atoms with van der Waals surface area (Å²) < 4.78 is 13.5. The maximum absolute atomic E-state index is 13.1. The van der Waals surface area contributed by atoms with Crippen LogP contribution in [0.5, 0.6) is 0 Å². The fourth-order valence-electron chi connectivity index (χ4n) is 1.14. The number of nitrogens with two attached hydrogens (primary N) is 1. The first kappa shape index (κ1) is 12.3. The molecule has 1 rings (SSSR count). The van der Waals surface area contributed by atoms with Crippen molar-refractivity contribution in [2.75, 3.05) is 17.6 Å². The van der Waals surface area contributed by atoms with E-state index < -0.39 is 0 Å². The van der Waals surface area contributed by atoms with Gasteiger partial charge < -0.3 is 11.1 Å².